The van der Waals surface area contributed by atoms with Crippen LogP contribution in [-0.4, -0.2) is 18.5 Å². The molecule has 3 aromatic carbocycles. The lowest BCUT2D eigenvalue weighted by molar-refractivity contribution is -0.114. The van der Waals surface area contributed by atoms with E-state index in [0.29, 0.717) is 29.2 Å². The van der Waals surface area contributed by atoms with E-state index in [1.54, 1.807) is 12.1 Å². The molecule has 0 spiro atoms. The fourth-order valence-electron chi connectivity index (χ4n) is 3.69. The van der Waals surface area contributed by atoms with Gasteiger partial charge in [-0.25, -0.2) is 4.79 Å². The number of hydrogen-bond acceptors (Lipinski definition) is 3. The van der Waals surface area contributed by atoms with Gasteiger partial charge in [-0.1, -0.05) is 66.7 Å². The van der Waals surface area contributed by atoms with E-state index in [0.717, 1.165) is 16.7 Å². The average Bonchev–Trinajstić information content (AvgIpc) is 2.80. The zero-order valence-corrected chi connectivity index (χ0v) is 17.1. The maximum absolute atomic E-state index is 12.4. The van der Waals surface area contributed by atoms with Crippen molar-refractivity contribution in [2.24, 2.45) is 5.73 Å². The number of amides is 3. The molecular weight excluding hydrogens is 390 g/mol. The highest BCUT2D eigenvalue weighted by atomic mass is 16.5. The van der Waals surface area contributed by atoms with Crippen LogP contribution in [0.25, 0.3) is 16.8 Å². The molecule has 31 heavy (non-hydrogen) atoms. The molecule has 0 aliphatic carbocycles. The molecule has 0 radical (unpaired) electrons. The second-order valence-corrected chi connectivity index (χ2v) is 7.13. The minimum atomic E-state index is -0.661. The summed E-state index contributed by atoms with van der Waals surface area (Å²) in [6.07, 6.45) is 0. The molecule has 1 aliphatic rings. The largest absolute Gasteiger partial charge is 0.494 e. The van der Waals surface area contributed by atoms with Crippen molar-refractivity contribution in [3.8, 4) is 16.9 Å². The van der Waals surface area contributed by atoms with Crippen LogP contribution in [0.4, 0.5) is 4.79 Å². The highest BCUT2D eigenvalue weighted by Gasteiger charge is 2.32. The van der Waals surface area contributed by atoms with Crippen molar-refractivity contribution in [3.63, 3.8) is 0 Å². The number of carbonyl (C=O) groups is 2. The Balaban J connectivity index is 1.74. The van der Waals surface area contributed by atoms with Gasteiger partial charge in [-0.2, -0.15) is 0 Å². The Kier molecular flexibility index (Phi) is 5.71. The normalized spacial score (nSPS) is 15.8. The van der Waals surface area contributed by atoms with Crippen LogP contribution in [0.2, 0.25) is 0 Å². The summed E-state index contributed by atoms with van der Waals surface area (Å²) in [5.74, 6) is 0.112. The molecule has 1 unspecified atom stereocenters. The number of nitrogens with two attached hydrogens (primary N) is 1. The van der Waals surface area contributed by atoms with Gasteiger partial charge in [0, 0.05) is 0 Å². The Morgan fingerprint density at radius 3 is 2.13 bits per heavy atom. The Bertz CT molecular complexity index is 1120. The van der Waals surface area contributed by atoms with Crippen LogP contribution in [-0.2, 0) is 4.79 Å². The van der Waals surface area contributed by atoms with Crippen molar-refractivity contribution in [3.05, 3.63) is 95.6 Å². The first kappa shape index (κ1) is 20.2. The summed E-state index contributed by atoms with van der Waals surface area (Å²) in [6, 6.07) is 23.8. The molecule has 0 fully saturated rings. The minimum Gasteiger partial charge on any atom is -0.494 e. The van der Waals surface area contributed by atoms with Gasteiger partial charge < -0.3 is 21.1 Å². The highest BCUT2D eigenvalue weighted by molar-refractivity contribution is 6.06. The Hall–Kier alpha value is -4.06. The molecule has 156 valence electrons. The van der Waals surface area contributed by atoms with Crippen LogP contribution in [0.1, 0.15) is 24.1 Å². The van der Waals surface area contributed by atoms with Gasteiger partial charge >= 0.3 is 6.03 Å². The van der Waals surface area contributed by atoms with Crippen molar-refractivity contribution >= 4 is 17.6 Å². The molecule has 0 bridgehead atoms. The van der Waals surface area contributed by atoms with E-state index in [1.807, 2.05) is 73.7 Å². The van der Waals surface area contributed by atoms with Crippen molar-refractivity contribution in [2.75, 3.05) is 6.61 Å². The van der Waals surface area contributed by atoms with Crippen molar-refractivity contribution in [1.82, 2.24) is 10.6 Å². The quantitative estimate of drug-likeness (QED) is 0.570. The zero-order valence-electron chi connectivity index (χ0n) is 17.1. The van der Waals surface area contributed by atoms with E-state index in [1.165, 1.54) is 0 Å². The lowest BCUT2D eigenvalue weighted by Gasteiger charge is -2.29. The van der Waals surface area contributed by atoms with Gasteiger partial charge in [0.05, 0.1) is 23.9 Å². The predicted molar refractivity (Wildman–Crippen MR) is 120 cm³/mol. The average molecular weight is 413 g/mol. The molecule has 1 heterocycles. The van der Waals surface area contributed by atoms with E-state index < -0.39 is 18.0 Å². The first-order valence-corrected chi connectivity index (χ1v) is 10.1. The summed E-state index contributed by atoms with van der Waals surface area (Å²) in [7, 11) is 0. The van der Waals surface area contributed by atoms with Crippen molar-refractivity contribution in [1.29, 1.82) is 0 Å². The molecule has 6 nitrogen and oxygen atoms in total. The van der Waals surface area contributed by atoms with Gasteiger partial charge in [0.1, 0.15) is 5.75 Å². The van der Waals surface area contributed by atoms with E-state index >= 15 is 0 Å². The summed E-state index contributed by atoms with van der Waals surface area (Å²) in [5.41, 5.74) is 10.0. The van der Waals surface area contributed by atoms with Gasteiger partial charge in [-0.15, -0.1) is 0 Å². The number of nitrogens with one attached hydrogen (secondary N) is 2. The fraction of sp³-hybridized carbons (Fsp3) is 0.120. The van der Waals surface area contributed by atoms with Crippen LogP contribution >= 0.6 is 0 Å². The molecule has 3 amide bonds. The molecular formula is C25H23N3O3. The molecule has 0 saturated heterocycles. The molecule has 1 atom stereocenters. The number of rotatable bonds is 6. The van der Waals surface area contributed by atoms with E-state index in [4.69, 9.17) is 10.5 Å². The second-order valence-electron chi connectivity index (χ2n) is 7.13. The first-order valence-electron chi connectivity index (χ1n) is 10.1. The number of hydrogen-bond donors (Lipinski definition) is 3. The summed E-state index contributed by atoms with van der Waals surface area (Å²) in [6.45, 7) is 2.46. The minimum absolute atomic E-state index is 0.302. The zero-order chi connectivity index (χ0) is 21.8. The van der Waals surface area contributed by atoms with Crippen LogP contribution in [0, 0.1) is 0 Å². The van der Waals surface area contributed by atoms with Gasteiger partial charge in [0.2, 0.25) is 5.91 Å². The number of urea groups is 1. The lowest BCUT2D eigenvalue weighted by atomic mass is 9.91. The Labute approximate surface area is 180 Å². The molecule has 1 aliphatic heterocycles. The first-order chi connectivity index (χ1) is 15.1. The monoisotopic (exact) mass is 413 g/mol. The third-order valence-electron chi connectivity index (χ3n) is 5.14. The Morgan fingerprint density at radius 2 is 1.52 bits per heavy atom. The van der Waals surface area contributed by atoms with Gasteiger partial charge in [0.25, 0.3) is 0 Å². The molecule has 4 N–H and O–H groups in total. The van der Waals surface area contributed by atoms with Gasteiger partial charge in [-0.3, -0.25) is 4.79 Å². The summed E-state index contributed by atoms with van der Waals surface area (Å²) in [5, 5.41) is 5.56. The summed E-state index contributed by atoms with van der Waals surface area (Å²) < 4.78 is 5.48. The van der Waals surface area contributed by atoms with Crippen LogP contribution in [0.3, 0.4) is 0 Å². The van der Waals surface area contributed by atoms with Crippen LogP contribution < -0.4 is 21.1 Å². The Morgan fingerprint density at radius 1 is 0.903 bits per heavy atom. The number of primary amides is 1. The molecule has 3 aromatic rings. The predicted octanol–water partition coefficient (Wildman–Crippen LogP) is 4.00. The van der Waals surface area contributed by atoms with Crippen molar-refractivity contribution < 1.29 is 14.3 Å². The topological polar surface area (TPSA) is 93.4 Å². The van der Waals surface area contributed by atoms with Gasteiger partial charge in [-0.05, 0) is 41.3 Å². The van der Waals surface area contributed by atoms with E-state index in [2.05, 4.69) is 10.6 Å². The molecule has 4 rings (SSSR count). The molecule has 0 saturated carbocycles. The number of ether oxygens (including phenoxy) is 1. The SMILES string of the molecule is CCOc1ccc(C2NC(=O)NC(c3ccc(-c4ccccc4)cc3)=C2C(N)=O)cc1. The summed E-state index contributed by atoms with van der Waals surface area (Å²) >= 11 is 0. The van der Waals surface area contributed by atoms with E-state index in [9.17, 15) is 9.59 Å². The highest BCUT2D eigenvalue weighted by Crippen LogP contribution is 2.32. The van der Waals surface area contributed by atoms with Crippen molar-refractivity contribution in [2.45, 2.75) is 13.0 Å². The maximum Gasteiger partial charge on any atom is 0.320 e. The third-order valence-corrected chi connectivity index (χ3v) is 5.14. The second kappa shape index (κ2) is 8.75. The fourth-order valence-corrected chi connectivity index (χ4v) is 3.69. The third kappa shape index (κ3) is 4.28. The number of benzene rings is 3. The van der Waals surface area contributed by atoms with Crippen LogP contribution in [0.15, 0.2) is 84.4 Å². The smallest absolute Gasteiger partial charge is 0.320 e. The van der Waals surface area contributed by atoms with Crippen LogP contribution in [0.5, 0.6) is 5.75 Å². The molecule has 0 aromatic heterocycles. The van der Waals surface area contributed by atoms with Gasteiger partial charge in [0.15, 0.2) is 0 Å². The number of carbonyl (C=O) groups excluding carboxylic acids is 2. The maximum atomic E-state index is 12.4. The standard InChI is InChI=1S/C25H23N3O3/c1-2-31-20-14-12-19(13-15-20)23-21(24(26)29)22(27-25(30)28-23)18-10-8-17(9-11-18)16-6-4-3-5-7-16/h3-15,23H,2H2,1H3,(H2,26,29)(H2,27,28,30). The summed E-state index contributed by atoms with van der Waals surface area (Å²) in [4.78, 5) is 24.9. The lowest BCUT2D eigenvalue weighted by Crippen LogP contribution is -2.46. The van der Waals surface area contributed by atoms with E-state index in [-0.39, 0.29) is 0 Å². The molecule has 6 heteroatoms.